The summed E-state index contributed by atoms with van der Waals surface area (Å²) in [6, 6.07) is 17.1. The number of nitrogens with zero attached hydrogens (tertiary/aromatic N) is 3. The van der Waals surface area contributed by atoms with E-state index >= 15 is 0 Å². The van der Waals surface area contributed by atoms with Crippen LogP contribution >= 0.6 is 0 Å². The molecule has 0 unspecified atom stereocenters. The van der Waals surface area contributed by atoms with Crippen molar-refractivity contribution >= 4 is 11.8 Å². The zero-order valence-corrected chi connectivity index (χ0v) is 17.8. The second kappa shape index (κ2) is 8.81. The van der Waals surface area contributed by atoms with E-state index in [2.05, 4.69) is 6.07 Å². The number of rotatable bonds is 5. The van der Waals surface area contributed by atoms with E-state index in [9.17, 15) is 9.59 Å². The number of hydrogen-bond donors (Lipinski definition) is 0. The van der Waals surface area contributed by atoms with Crippen molar-refractivity contribution in [1.82, 2.24) is 9.80 Å². The molecule has 2 heterocycles. The predicted molar refractivity (Wildman–Crippen MR) is 116 cm³/mol. The molecule has 6 heteroatoms. The second-order valence-corrected chi connectivity index (χ2v) is 8.64. The molecule has 1 spiro atoms. The first-order chi connectivity index (χ1) is 15.0. The smallest absolute Gasteiger partial charge is 0.226 e. The number of nitriles is 1. The molecule has 160 valence electrons. The van der Waals surface area contributed by atoms with Gasteiger partial charge in [-0.15, -0.1) is 0 Å². The van der Waals surface area contributed by atoms with Gasteiger partial charge in [0.25, 0.3) is 0 Å². The maximum atomic E-state index is 12.7. The van der Waals surface area contributed by atoms with Crippen molar-refractivity contribution in [2.75, 3.05) is 26.7 Å². The third-order valence-electron chi connectivity index (χ3n) is 6.55. The Morgan fingerprint density at radius 3 is 2.32 bits per heavy atom. The number of ether oxygens (including phenoxy) is 1. The molecule has 0 aliphatic carbocycles. The molecule has 2 aromatic carbocycles. The Hall–Kier alpha value is -3.33. The molecule has 2 amide bonds. The summed E-state index contributed by atoms with van der Waals surface area (Å²) < 4.78 is 5.20. The molecule has 4 rings (SSSR count). The first-order valence-electron chi connectivity index (χ1n) is 10.7. The van der Waals surface area contributed by atoms with Crippen molar-refractivity contribution in [1.29, 1.82) is 5.26 Å². The zero-order chi connectivity index (χ0) is 21.8. The van der Waals surface area contributed by atoms with Gasteiger partial charge in [0.05, 0.1) is 25.2 Å². The van der Waals surface area contributed by atoms with E-state index in [1.165, 1.54) is 0 Å². The maximum Gasteiger partial charge on any atom is 0.226 e. The maximum absolute atomic E-state index is 12.7. The van der Waals surface area contributed by atoms with Crippen LogP contribution < -0.4 is 4.74 Å². The van der Waals surface area contributed by atoms with Gasteiger partial charge in [-0.2, -0.15) is 5.26 Å². The van der Waals surface area contributed by atoms with Gasteiger partial charge in [0.1, 0.15) is 5.75 Å². The van der Waals surface area contributed by atoms with Crippen molar-refractivity contribution in [2.45, 2.75) is 32.2 Å². The van der Waals surface area contributed by atoms with Gasteiger partial charge < -0.3 is 14.5 Å². The van der Waals surface area contributed by atoms with E-state index in [4.69, 9.17) is 10.00 Å². The summed E-state index contributed by atoms with van der Waals surface area (Å²) in [6.07, 6.45) is 2.63. The average Bonchev–Trinajstić information content (AvgIpc) is 3.09. The predicted octanol–water partition coefficient (Wildman–Crippen LogP) is 3.15. The fourth-order valence-electron chi connectivity index (χ4n) is 4.63. The molecule has 2 aliphatic rings. The molecule has 31 heavy (non-hydrogen) atoms. The highest BCUT2D eigenvalue weighted by Crippen LogP contribution is 2.41. The number of likely N-dealkylation sites (tertiary alicyclic amines) is 2. The number of hydrogen-bond acceptors (Lipinski definition) is 4. The summed E-state index contributed by atoms with van der Waals surface area (Å²) >= 11 is 0. The summed E-state index contributed by atoms with van der Waals surface area (Å²) in [5.41, 5.74) is 2.60. The quantitative estimate of drug-likeness (QED) is 0.749. The van der Waals surface area contributed by atoms with E-state index in [-0.39, 0.29) is 17.2 Å². The molecule has 0 saturated carbocycles. The zero-order valence-electron chi connectivity index (χ0n) is 17.8. The van der Waals surface area contributed by atoms with Gasteiger partial charge in [0.2, 0.25) is 11.8 Å². The second-order valence-electron chi connectivity index (χ2n) is 8.64. The molecule has 0 radical (unpaired) electrons. The highest BCUT2D eigenvalue weighted by atomic mass is 16.5. The minimum Gasteiger partial charge on any atom is -0.497 e. The van der Waals surface area contributed by atoms with E-state index in [1.54, 1.807) is 19.2 Å². The van der Waals surface area contributed by atoms with Crippen molar-refractivity contribution in [3.05, 3.63) is 65.2 Å². The number of amides is 2. The van der Waals surface area contributed by atoms with Gasteiger partial charge in [-0.05, 0) is 48.2 Å². The highest BCUT2D eigenvalue weighted by Gasteiger charge is 2.45. The lowest BCUT2D eigenvalue weighted by molar-refractivity contribution is -0.132. The molecule has 6 nitrogen and oxygen atoms in total. The van der Waals surface area contributed by atoms with Gasteiger partial charge in [-0.1, -0.05) is 24.3 Å². The standard InChI is InChI=1S/C25H27N3O3/c1-31-22-8-6-21(7-9-22)17-28-18-25(15-24(28)30)10-12-27(13-11-25)23(29)14-19-2-4-20(16-26)5-3-19/h2-9H,10-15,17-18H2,1H3. The summed E-state index contributed by atoms with van der Waals surface area (Å²) in [7, 11) is 1.64. The van der Waals surface area contributed by atoms with Gasteiger partial charge in [0, 0.05) is 38.0 Å². The Kier molecular flexibility index (Phi) is 5.94. The van der Waals surface area contributed by atoms with Gasteiger partial charge in [0.15, 0.2) is 0 Å². The fourth-order valence-corrected chi connectivity index (χ4v) is 4.63. The molecular formula is C25H27N3O3. The van der Waals surface area contributed by atoms with E-state index in [1.807, 2.05) is 46.2 Å². The van der Waals surface area contributed by atoms with Crippen LogP contribution in [-0.4, -0.2) is 48.4 Å². The largest absolute Gasteiger partial charge is 0.497 e. The van der Waals surface area contributed by atoms with Crippen molar-refractivity contribution < 1.29 is 14.3 Å². The lowest BCUT2D eigenvalue weighted by Gasteiger charge is -2.39. The molecule has 0 bridgehead atoms. The molecule has 2 aromatic rings. The molecular weight excluding hydrogens is 390 g/mol. The minimum absolute atomic E-state index is 0.0191. The molecule has 0 aromatic heterocycles. The van der Waals surface area contributed by atoms with Crippen LogP contribution in [0.5, 0.6) is 5.75 Å². The van der Waals surface area contributed by atoms with Crippen LogP contribution in [0.2, 0.25) is 0 Å². The van der Waals surface area contributed by atoms with E-state index in [0.29, 0.717) is 38.0 Å². The Morgan fingerprint density at radius 2 is 1.71 bits per heavy atom. The van der Waals surface area contributed by atoms with Crippen LogP contribution in [0.3, 0.4) is 0 Å². The van der Waals surface area contributed by atoms with Gasteiger partial charge in [-0.25, -0.2) is 0 Å². The Labute approximate surface area is 183 Å². The van der Waals surface area contributed by atoms with Crippen molar-refractivity contribution in [2.24, 2.45) is 5.41 Å². The van der Waals surface area contributed by atoms with E-state index < -0.39 is 0 Å². The topological polar surface area (TPSA) is 73.6 Å². The SMILES string of the molecule is COc1ccc(CN2CC3(CCN(C(=O)Cc4ccc(C#N)cc4)CC3)CC2=O)cc1. The lowest BCUT2D eigenvalue weighted by atomic mass is 9.77. The van der Waals surface area contributed by atoms with Crippen LogP contribution in [0.4, 0.5) is 0 Å². The molecule has 2 saturated heterocycles. The Bertz CT molecular complexity index is 984. The lowest BCUT2D eigenvalue weighted by Crippen LogP contribution is -2.44. The Morgan fingerprint density at radius 1 is 1.06 bits per heavy atom. The number of piperidine rings is 1. The number of methoxy groups -OCH3 is 1. The molecule has 0 atom stereocenters. The summed E-state index contributed by atoms with van der Waals surface area (Å²) in [5.74, 6) is 1.12. The van der Waals surface area contributed by atoms with Gasteiger partial charge >= 0.3 is 0 Å². The number of carbonyl (C=O) groups is 2. The third kappa shape index (κ3) is 4.72. The van der Waals surface area contributed by atoms with Crippen LogP contribution in [0, 0.1) is 16.7 Å². The first kappa shape index (κ1) is 20.9. The van der Waals surface area contributed by atoms with Crippen LogP contribution in [-0.2, 0) is 22.6 Å². The van der Waals surface area contributed by atoms with Crippen molar-refractivity contribution in [3.63, 3.8) is 0 Å². The summed E-state index contributed by atoms with van der Waals surface area (Å²) in [4.78, 5) is 29.3. The van der Waals surface area contributed by atoms with E-state index in [0.717, 1.165) is 36.3 Å². The first-order valence-corrected chi connectivity index (χ1v) is 10.7. The number of carbonyl (C=O) groups excluding carboxylic acids is 2. The highest BCUT2D eigenvalue weighted by molar-refractivity contribution is 5.80. The van der Waals surface area contributed by atoms with Gasteiger partial charge in [-0.3, -0.25) is 9.59 Å². The van der Waals surface area contributed by atoms with Crippen LogP contribution in [0.15, 0.2) is 48.5 Å². The normalized spacial score (nSPS) is 17.6. The fraction of sp³-hybridized carbons (Fsp3) is 0.400. The summed E-state index contributed by atoms with van der Waals surface area (Å²) in [5, 5.41) is 8.90. The van der Waals surface area contributed by atoms with Crippen LogP contribution in [0.1, 0.15) is 36.0 Å². The molecule has 2 fully saturated rings. The average molecular weight is 418 g/mol. The van der Waals surface area contributed by atoms with Crippen LogP contribution in [0.25, 0.3) is 0 Å². The summed E-state index contributed by atoms with van der Waals surface area (Å²) in [6.45, 7) is 2.76. The minimum atomic E-state index is -0.0191. The number of benzene rings is 2. The molecule has 2 aliphatic heterocycles. The monoisotopic (exact) mass is 417 g/mol. The molecule has 0 N–H and O–H groups in total. The Balaban J connectivity index is 1.31. The third-order valence-corrected chi connectivity index (χ3v) is 6.55. The van der Waals surface area contributed by atoms with Crippen molar-refractivity contribution in [3.8, 4) is 11.8 Å².